The Balaban J connectivity index is 1.01. The summed E-state index contributed by atoms with van der Waals surface area (Å²) in [5, 5.41) is 15.1. The van der Waals surface area contributed by atoms with Crippen molar-refractivity contribution in [1.29, 1.82) is 0 Å². The summed E-state index contributed by atoms with van der Waals surface area (Å²) in [7, 11) is -2.50. The van der Waals surface area contributed by atoms with Gasteiger partial charge in [-0.3, -0.25) is 0 Å². The Morgan fingerprint density at radius 1 is 0.264 bits per heavy atom. The van der Waals surface area contributed by atoms with Gasteiger partial charge in [-0.1, -0.05) is 0 Å². The fourth-order valence-electron chi connectivity index (χ4n) is 16.2. The van der Waals surface area contributed by atoms with Crippen LogP contribution in [0.15, 0.2) is 358 Å². The Hall–Kier alpha value is -11.6. The summed E-state index contributed by atoms with van der Waals surface area (Å²) >= 11 is 0. The third-order valence-electron chi connectivity index (χ3n) is 21.1. The van der Waals surface area contributed by atoms with E-state index < -0.39 is 74.1 Å². The summed E-state index contributed by atoms with van der Waals surface area (Å²) in [6, 6.07) is 108. The van der Waals surface area contributed by atoms with Crippen LogP contribution in [0.1, 0.15) is 31.8 Å². The molecule has 17 aromatic rings. The van der Waals surface area contributed by atoms with E-state index in [1.807, 2.05) is 231 Å². The molecule has 0 aromatic heterocycles. The molecule has 0 aliphatic carbocycles. The van der Waals surface area contributed by atoms with E-state index in [9.17, 15) is 0 Å². The SMILES string of the molecule is O=C(CP(OB(Oc1cc(C(F)(F)F)cc(C(F)(F)F)c1)OP(CC(=O)c1c2cc3ccccc3cc2cc2cc3ccccc3cc12)(c1ccccc1)(c1ccccc1)c1ccccc1)(c1ccccc1)(c1ccccc1)c1ccccc1)c1c2cc3ccccc3cc2cc2cc3ccccc3cc12. The van der Waals surface area contributed by atoms with Crippen LogP contribution in [-0.4, -0.2) is 31.2 Å². The molecule has 17 aromatic carbocycles. The molecule has 0 aliphatic rings. The first kappa shape index (κ1) is 67.6. The topological polar surface area (TPSA) is 61.8 Å². The van der Waals surface area contributed by atoms with Crippen molar-refractivity contribution >= 4 is 151 Å². The van der Waals surface area contributed by atoms with Gasteiger partial charge in [0.1, 0.15) is 0 Å². The quantitative estimate of drug-likeness (QED) is 0.0282. The Labute approximate surface area is 607 Å². The molecule has 0 spiro atoms. The molecule has 0 N–H and O–H groups in total. The molecule has 17 rings (SSSR count). The summed E-state index contributed by atoms with van der Waals surface area (Å²) in [6.07, 6.45) is -11.8. The maximum atomic E-state index is 17.8. The van der Waals surface area contributed by atoms with Crippen LogP contribution >= 0.6 is 13.7 Å². The second kappa shape index (κ2) is 26.2. The number of alkyl halides is 6. The van der Waals surface area contributed by atoms with Gasteiger partial charge in [-0.05, 0) is 0 Å². The predicted molar refractivity (Wildman–Crippen MR) is 427 cm³/mol. The molecule has 0 atom stereocenters. The number of Topliss-reactive ketones (excluding diaryl/α,β-unsaturated/α-hetero) is 2. The second-order valence-corrected chi connectivity index (χ2v) is 36.1. The predicted octanol–water partition coefficient (Wildman–Crippen LogP) is 22.0. The number of benzene rings is 17. The van der Waals surface area contributed by atoms with E-state index in [4.69, 9.17) is 13.5 Å². The van der Waals surface area contributed by atoms with Crippen molar-refractivity contribution in [3.63, 3.8) is 0 Å². The Kier molecular flexibility index (Phi) is 16.7. The molecular weight excluding hydrogens is 1370 g/mol. The minimum atomic E-state index is -5.67. The van der Waals surface area contributed by atoms with E-state index in [0.717, 1.165) is 64.6 Å². The molecule has 0 aliphatic heterocycles. The molecule has 0 heterocycles. The molecule has 0 unspecified atom stereocenters. The number of carbonyl (C=O) groups is 2. The number of fused-ring (bicyclic) bond motifs is 8. The van der Waals surface area contributed by atoms with Crippen LogP contribution < -0.4 is 36.5 Å². The first-order valence-corrected chi connectivity index (χ1v) is 39.5. The second-order valence-electron chi connectivity index (χ2n) is 27.1. The van der Waals surface area contributed by atoms with E-state index in [0.29, 0.717) is 76.6 Å². The van der Waals surface area contributed by atoms with Gasteiger partial charge < -0.3 is 0 Å². The number of rotatable bonds is 18. The zero-order chi connectivity index (χ0) is 72.5. The number of ketones is 2. The first-order chi connectivity index (χ1) is 51.4. The zero-order valence-electron chi connectivity index (χ0n) is 56.8. The van der Waals surface area contributed by atoms with Crippen LogP contribution in [0.3, 0.4) is 0 Å². The van der Waals surface area contributed by atoms with Gasteiger partial charge in [0, 0.05) is 0 Å². The van der Waals surface area contributed by atoms with Crippen LogP contribution in [0.4, 0.5) is 26.3 Å². The Morgan fingerprint density at radius 2 is 0.472 bits per heavy atom. The third kappa shape index (κ3) is 11.4. The van der Waals surface area contributed by atoms with Gasteiger partial charge >= 0.3 is 611 Å². The Bertz CT molecular complexity index is 5550. The average Bonchev–Trinajstić information content (AvgIpc) is 0.681. The molecule has 0 fully saturated rings. The summed E-state index contributed by atoms with van der Waals surface area (Å²) in [6.45, 7) is -11.3. The first-order valence-electron chi connectivity index (χ1n) is 34.8. The van der Waals surface area contributed by atoms with Crippen LogP contribution in [0.5, 0.6) is 5.75 Å². The molecule has 5 nitrogen and oxygen atoms in total. The summed E-state index contributed by atoms with van der Waals surface area (Å²) in [5.74, 6) is -1.81. The van der Waals surface area contributed by atoms with Crippen LogP contribution in [0.2, 0.25) is 0 Å². The van der Waals surface area contributed by atoms with E-state index in [1.165, 1.54) is 0 Å². The minimum absolute atomic E-state index is 0.0403. The van der Waals surface area contributed by atoms with Gasteiger partial charge in [-0.2, -0.15) is 0 Å². The molecule has 0 saturated heterocycles. The number of halogens is 6. The molecule has 0 amide bonds. The van der Waals surface area contributed by atoms with Gasteiger partial charge in [-0.25, -0.2) is 0 Å². The van der Waals surface area contributed by atoms with Crippen LogP contribution in [0, 0.1) is 0 Å². The van der Waals surface area contributed by atoms with Crippen LogP contribution in [-0.2, 0) is 21.2 Å². The van der Waals surface area contributed by atoms with E-state index in [-0.39, 0.29) is 6.07 Å². The fourth-order valence-corrected chi connectivity index (χ4v) is 27.2. The number of hydrogen-bond acceptors (Lipinski definition) is 5. The number of carbonyl (C=O) groups excluding carboxylic acids is 2. The van der Waals surface area contributed by atoms with E-state index >= 15 is 35.9 Å². The number of hydrogen-bond donors (Lipinski definition) is 0. The Morgan fingerprint density at radius 3 is 0.698 bits per heavy atom. The molecule has 0 bridgehead atoms. The van der Waals surface area contributed by atoms with Gasteiger partial charge in [0.25, 0.3) is 0 Å². The summed E-state index contributed by atoms with van der Waals surface area (Å²) in [4.78, 5) is 35.6. The van der Waals surface area contributed by atoms with Crippen LogP contribution in [0.25, 0.3) is 86.2 Å². The zero-order valence-corrected chi connectivity index (χ0v) is 58.5. The van der Waals surface area contributed by atoms with Crippen molar-refractivity contribution in [3.05, 3.63) is 380 Å². The van der Waals surface area contributed by atoms with Gasteiger partial charge in [-0.15, -0.1) is 0 Å². The maximum absolute atomic E-state index is 17.8. The van der Waals surface area contributed by atoms with Crippen molar-refractivity contribution in [2.45, 2.75) is 12.4 Å². The normalized spacial score (nSPS) is 13.1. The monoisotopic (exact) mass is 1430 g/mol. The van der Waals surface area contributed by atoms with E-state index in [2.05, 4.69) is 36.4 Å². The van der Waals surface area contributed by atoms with E-state index in [1.54, 1.807) is 72.8 Å². The van der Waals surface area contributed by atoms with Crippen molar-refractivity contribution in [2.75, 3.05) is 12.3 Å². The van der Waals surface area contributed by atoms with Crippen molar-refractivity contribution in [2.24, 2.45) is 0 Å². The molecular formula is C92H63BF6O5P2. The van der Waals surface area contributed by atoms with Gasteiger partial charge in [0.05, 0.1) is 0 Å². The molecule has 14 heteroatoms. The summed E-state index contributed by atoms with van der Waals surface area (Å²) < 4.78 is 119. The average molecular weight is 1440 g/mol. The fraction of sp³-hybridized carbons (Fsp3) is 0.0435. The standard InChI is InChI=1S/C92H63BF6O5P2/c94-91(95,96)74-57-75(92(97,98)99)59-76(58-74)102-93(103-105(77-35-7-1-8-36-77,78-37-9-2-10-38-78,79-39-11-3-12-40-79)60-87(100)89-83-53-66-31-23-19-27-62(66)47-70(83)51-71-48-63-28-20-24-32-67(63)54-84(71)89)104-106(80-41-13-4-14-42-80,81-43-15-5-16-44-81,82-45-17-6-18-46-82)61-88(101)90-85-55-68-33-25-21-29-64(68)49-72(85)52-73-50-65-30-22-26-34-69(65)56-86(73)90/h1-59H,60-61H2. The molecule has 0 saturated carbocycles. The third-order valence-corrected chi connectivity index (χ3v) is 32.5. The van der Waals surface area contributed by atoms with Crippen molar-refractivity contribution < 1.29 is 49.5 Å². The molecule has 106 heavy (non-hydrogen) atoms. The van der Waals surface area contributed by atoms with Gasteiger partial charge in [0.2, 0.25) is 0 Å². The molecule has 0 radical (unpaired) electrons. The summed E-state index contributed by atoms with van der Waals surface area (Å²) in [5.41, 5.74) is -2.68. The molecule has 516 valence electrons. The van der Waals surface area contributed by atoms with Gasteiger partial charge in [0.15, 0.2) is 0 Å². The van der Waals surface area contributed by atoms with Crippen molar-refractivity contribution in [3.8, 4) is 5.75 Å². The van der Waals surface area contributed by atoms with Crippen molar-refractivity contribution in [1.82, 2.24) is 0 Å².